The Morgan fingerprint density at radius 1 is 1.25 bits per heavy atom. The molecule has 0 aromatic heterocycles. The molecule has 0 heterocycles. The van der Waals surface area contributed by atoms with Gasteiger partial charge >= 0.3 is 9.28 Å². The fourth-order valence-corrected chi connectivity index (χ4v) is 0.906. The second-order valence-electron chi connectivity index (χ2n) is 1.17. The Bertz CT molecular complexity index is 57.2. The monoisotopic (exact) mass is 142 g/mol. The highest BCUT2D eigenvalue weighted by Gasteiger charge is 2.22. The molecule has 0 amide bonds. The quantitative estimate of drug-likeness (QED) is 0.528. The van der Waals surface area contributed by atoms with Crippen LogP contribution in [0, 0.1) is 0 Å². The van der Waals surface area contributed by atoms with Crippen molar-refractivity contribution in [2.45, 2.75) is 6.05 Å². The molecule has 0 aliphatic rings. The van der Waals surface area contributed by atoms with Gasteiger partial charge in [-0.2, -0.15) is 0 Å². The molecule has 0 radical (unpaired) electrons. The van der Waals surface area contributed by atoms with E-state index in [1.54, 1.807) is 0 Å². The van der Waals surface area contributed by atoms with Crippen LogP contribution in [0.15, 0.2) is 0 Å². The molecule has 8 heavy (non-hydrogen) atoms. The zero-order valence-electron chi connectivity index (χ0n) is 4.73. The van der Waals surface area contributed by atoms with Gasteiger partial charge in [0, 0.05) is 14.2 Å². The van der Waals surface area contributed by atoms with Crippen molar-refractivity contribution in [1.82, 2.24) is 0 Å². The molecule has 0 bridgehead atoms. The highest BCUT2D eigenvalue weighted by atomic mass is 28.3. The van der Waals surface area contributed by atoms with E-state index in [4.69, 9.17) is 0 Å². The SMILES string of the molecule is CO[SiH](OC)C(F)F. The van der Waals surface area contributed by atoms with Crippen molar-refractivity contribution < 1.29 is 17.6 Å². The first kappa shape index (κ1) is 8.00. The summed E-state index contributed by atoms with van der Waals surface area (Å²) in [5.41, 5.74) is 0. The molecule has 0 saturated carbocycles. The van der Waals surface area contributed by atoms with Crippen LogP contribution in [-0.2, 0) is 8.85 Å². The largest absolute Gasteiger partial charge is 0.397 e. The predicted octanol–water partition coefficient (Wildman–Crippen LogP) is 0.304. The second kappa shape index (κ2) is 3.93. The van der Waals surface area contributed by atoms with Crippen LogP contribution in [0.25, 0.3) is 0 Å². The molecule has 0 atom stereocenters. The van der Waals surface area contributed by atoms with Crippen molar-refractivity contribution in [1.29, 1.82) is 0 Å². The lowest BCUT2D eigenvalue weighted by Crippen LogP contribution is -2.28. The molecule has 0 saturated heterocycles. The Kier molecular flexibility index (Phi) is 3.93. The van der Waals surface area contributed by atoms with E-state index in [-0.39, 0.29) is 0 Å². The predicted molar refractivity (Wildman–Crippen MR) is 27.2 cm³/mol. The molecular weight excluding hydrogens is 134 g/mol. The first-order valence-corrected chi connectivity index (χ1v) is 3.67. The Morgan fingerprint density at radius 3 is 1.62 bits per heavy atom. The molecule has 0 aliphatic heterocycles. The van der Waals surface area contributed by atoms with Crippen LogP contribution >= 0.6 is 0 Å². The highest BCUT2D eigenvalue weighted by Crippen LogP contribution is 1.98. The van der Waals surface area contributed by atoms with E-state index in [0.29, 0.717) is 0 Å². The summed E-state index contributed by atoms with van der Waals surface area (Å²) in [6, 6.07) is -2.43. The molecular formula is C3H8F2O2Si. The molecule has 0 aromatic rings. The molecule has 5 heteroatoms. The minimum Gasteiger partial charge on any atom is -0.397 e. The summed E-state index contributed by atoms with van der Waals surface area (Å²) >= 11 is 0. The number of hydrogen-bond donors (Lipinski definition) is 0. The van der Waals surface area contributed by atoms with Crippen molar-refractivity contribution in [2.75, 3.05) is 14.2 Å². The van der Waals surface area contributed by atoms with Gasteiger partial charge in [-0.15, -0.1) is 0 Å². The van der Waals surface area contributed by atoms with E-state index in [1.807, 2.05) is 0 Å². The van der Waals surface area contributed by atoms with E-state index in [0.717, 1.165) is 0 Å². The van der Waals surface area contributed by atoms with Crippen molar-refractivity contribution in [3.63, 3.8) is 0 Å². The van der Waals surface area contributed by atoms with Crippen molar-refractivity contribution in [2.24, 2.45) is 0 Å². The average molecular weight is 142 g/mol. The lowest BCUT2D eigenvalue weighted by atomic mass is 11.7. The molecule has 0 N–H and O–H groups in total. The topological polar surface area (TPSA) is 18.5 Å². The van der Waals surface area contributed by atoms with Crippen LogP contribution in [0.1, 0.15) is 0 Å². The first-order chi connectivity index (χ1) is 3.72. The van der Waals surface area contributed by atoms with Crippen LogP contribution in [0.5, 0.6) is 0 Å². The fourth-order valence-electron chi connectivity index (χ4n) is 0.302. The van der Waals surface area contributed by atoms with Crippen molar-refractivity contribution in [3.05, 3.63) is 0 Å². The minimum atomic E-state index is -2.60. The number of rotatable bonds is 3. The Labute approximate surface area is 48.3 Å². The standard InChI is InChI=1S/C3H8F2O2Si/c1-6-8(7-2)3(4)5/h3,8H,1-2H3. The van der Waals surface area contributed by atoms with Crippen LogP contribution in [0.2, 0.25) is 0 Å². The van der Waals surface area contributed by atoms with Gasteiger partial charge in [-0.1, -0.05) is 0 Å². The molecule has 50 valence electrons. The Morgan fingerprint density at radius 2 is 1.62 bits per heavy atom. The molecule has 0 aliphatic carbocycles. The zero-order valence-corrected chi connectivity index (χ0v) is 5.88. The minimum absolute atomic E-state index is 1.23. The molecule has 0 aromatic carbocycles. The molecule has 0 rings (SSSR count). The van der Waals surface area contributed by atoms with Crippen LogP contribution < -0.4 is 0 Å². The van der Waals surface area contributed by atoms with Gasteiger partial charge in [0.2, 0.25) is 0 Å². The molecule has 0 unspecified atom stereocenters. The molecule has 0 spiro atoms. The summed E-state index contributed by atoms with van der Waals surface area (Å²) < 4.78 is 31.7. The molecule has 0 fully saturated rings. The number of hydrogen-bond acceptors (Lipinski definition) is 2. The van der Waals surface area contributed by atoms with Gasteiger partial charge in [0.1, 0.15) is 0 Å². The van der Waals surface area contributed by atoms with E-state index in [1.165, 1.54) is 14.2 Å². The maximum atomic E-state index is 11.5. The van der Waals surface area contributed by atoms with Crippen molar-refractivity contribution in [3.8, 4) is 0 Å². The van der Waals surface area contributed by atoms with Gasteiger partial charge in [-0.3, -0.25) is 0 Å². The summed E-state index contributed by atoms with van der Waals surface area (Å²) in [5, 5.41) is 0. The van der Waals surface area contributed by atoms with E-state index >= 15 is 0 Å². The first-order valence-electron chi connectivity index (χ1n) is 2.06. The van der Waals surface area contributed by atoms with Crippen LogP contribution in [0.3, 0.4) is 0 Å². The summed E-state index contributed by atoms with van der Waals surface area (Å²) in [4.78, 5) is 0. The van der Waals surface area contributed by atoms with Crippen LogP contribution in [-0.4, -0.2) is 29.6 Å². The molecule has 2 nitrogen and oxygen atoms in total. The van der Waals surface area contributed by atoms with Gasteiger partial charge in [-0.05, 0) is 0 Å². The lowest BCUT2D eigenvalue weighted by Gasteiger charge is -2.07. The van der Waals surface area contributed by atoms with Gasteiger partial charge in [0.05, 0.1) is 0 Å². The van der Waals surface area contributed by atoms with Crippen LogP contribution in [0.4, 0.5) is 8.78 Å². The summed E-state index contributed by atoms with van der Waals surface area (Å²) in [5.74, 6) is 0. The third-order valence-electron chi connectivity index (χ3n) is 0.670. The van der Waals surface area contributed by atoms with Gasteiger partial charge in [-0.25, -0.2) is 8.78 Å². The van der Waals surface area contributed by atoms with Gasteiger partial charge in [0.15, 0.2) is 0 Å². The maximum Gasteiger partial charge on any atom is 0.392 e. The number of alkyl halides is 2. The summed E-state index contributed by atoms with van der Waals surface area (Å²) in [6.45, 7) is 0. The summed E-state index contributed by atoms with van der Waals surface area (Å²) in [6.07, 6.45) is 0. The summed E-state index contributed by atoms with van der Waals surface area (Å²) in [7, 11) is -0.141. The number of halogens is 2. The van der Waals surface area contributed by atoms with E-state index < -0.39 is 15.3 Å². The van der Waals surface area contributed by atoms with E-state index in [9.17, 15) is 8.78 Å². The van der Waals surface area contributed by atoms with Gasteiger partial charge in [0.25, 0.3) is 6.05 Å². The fraction of sp³-hybridized carbons (Fsp3) is 1.00. The van der Waals surface area contributed by atoms with Gasteiger partial charge < -0.3 is 8.85 Å². The Balaban J connectivity index is 3.35. The second-order valence-corrected chi connectivity index (χ2v) is 3.36. The highest BCUT2D eigenvalue weighted by molar-refractivity contribution is 6.45. The maximum absolute atomic E-state index is 11.5. The Hall–Kier alpha value is -0.00312. The van der Waals surface area contributed by atoms with Crippen molar-refractivity contribution >= 4 is 9.28 Å². The average Bonchev–Trinajstić information content (AvgIpc) is 1.69. The lowest BCUT2D eigenvalue weighted by molar-refractivity contribution is 0.148. The third-order valence-corrected chi connectivity index (χ3v) is 2.01. The third kappa shape index (κ3) is 2.34. The normalized spacial score (nSPS) is 11.2. The smallest absolute Gasteiger partial charge is 0.392 e. The zero-order chi connectivity index (χ0) is 6.57. The van der Waals surface area contributed by atoms with E-state index in [2.05, 4.69) is 8.85 Å².